The summed E-state index contributed by atoms with van der Waals surface area (Å²) in [6.07, 6.45) is 0.918. The molecule has 8 heteroatoms. The summed E-state index contributed by atoms with van der Waals surface area (Å²) in [7, 11) is 0. The minimum Gasteiger partial charge on any atom is -0.481 e. The highest BCUT2D eigenvalue weighted by atomic mass is 16.4. The van der Waals surface area contributed by atoms with Gasteiger partial charge in [0.05, 0.1) is 6.54 Å². The molecule has 0 bridgehead atoms. The fourth-order valence-electron chi connectivity index (χ4n) is 2.53. The van der Waals surface area contributed by atoms with Gasteiger partial charge in [0.1, 0.15) is 5.82 Å². The highest BCUT2D eigenvalue weighted by Crippen LogP contribution is 2.17. The van der Waals surface area contributed by atoms with Gasteiger partial charge in [0.25, 0.3) is 0 Å². The van der Waals surface area contributed by atoms with Crippen molar-refractivity contribution in [3.8, 4) is 0 Å². The van der Waals surface area contributed by atoms with Crippen LogP contribution in [0, 0.1) is 0 Å². The normalized spacial score (nSPS) is 12.4. The van der Waals surface area contributed by atoms with Gasteiger partial charge < -0.3 is 15.7 Å². The lowest BCUT2D eigenvalue weighted by Gasteiger charge is -2.18. The SMILES string of the molecule is CC(C)(C)c1n[nH]c(CNC(=O)NC(CCC(=O)O)Cc2ccccc2)n1. The number of H-pyrrole nitrogens is 1. The summed E-state index contributed by atoms with van der Waals surface area (Å²) < 4.78 is 0. The van der Waals surface area contributed by atoms with Gasteiger partial charge in [-0.05, 0) is 18.4 Å². The molecule has 2 amide bonds. The Labute approximate surface area is 158 Å². The Hall–Kier alpha value is -2.90. The second kappa shape index (κ2) is 9.16. The van der Waals surface area contributed by atoms with E-state index >= 15 is 0 Å². The van der Waals surface area contributed by atoms with E-state index in [1.807, 2.05) is 51.1 Å². The molecule has 1 heterocycles. The molecule has 4 N–H and O–H groups in total. The third kappa shape index (κ3) is 7.08. The van der Waals surface area contributed by atoms with E-state index in [1.54, 1.807) is 0 Å². The first-order valence-corrected chi connectivity index (χ1v) is 8.96. The molecule has 27 heavy (non-hydrogen) atoms. The predicted molar refractivity (Wildman–Crippen MR) is 101 cm³/mol. The summed E-state index contributed by atoms with van der Waals surface area (Å²) in [6.45, 7) is 6.25. The number of carbonyl (C=O) groups is 2. The number of carboxylic acid groups (broad SMARTS) is 1. The summed E-state index contributed by atoms with van der Waals surface area (Å²) in [6, 6.07) is 9.02. The number of aromatic amines is 1. The molecule has 2 aromatic rings. The number of carbonyl (C=O) groups excluding carboxylic acids is 1. The smallest absolute Gasteiger partial charge is 0.315 e. The third-order valence-corrected chi connectivity index (χ3v) is 3.99. The molecule has 1 atom stereocenters. The summed E-state index contributed by atoms with van der Waals surface area (Å²) in [5.74, 6) is 0.370. The average molecular weight is 373 g/mol. The van der Waals surface area contributed by atoms with Gasteiger partial charge in [-0.1, -0.05) is 51.1 Å². The number of nitrogens with zero attached hydrogens (tertiary/aromatic N) is 2. The minimum absolute atomic E-state index is 0.00513. The number of benzene rings is 1. The second-order valence-electron chi connectivity index (χ2n) is 7.50. The van der Waals surface area contributed by atoms with Crippen molar-refractivity contribution in [3.05, 3.63) is 47.5 Å². The summed E-state index contributed by atoms with van der Waals surface area (Å²) in [5, 5.41) is 21.5. The Balaban J connectivity index is 1.90. The fourth-order valence-corrected chi connectivity index (χ4v) is 2.53. The van der Waals surface area contributed by atoms with E-state index in [-0.39, 0.29) is 30.5 Å². The maximum absolute atomic E-state index is 12.2. The maximum atomic E-state index is 12.2. The zero-order chi connectivity index (χ0) is 19.9. The Morgan fingerprint density at radius 1 is 1.22 bits per heavy atom. The van der Waals surface area contributed by atoms with Crippen LogP contribution < -0.4 is 10.6 Å². The van der Waals surface area contributed by atoms with E-state index in [0.717, 1.165) is 5.56 Å². The van der Waals surface area contributed by atoms with Crippen LogP contribution in [-0.2, 0) is 23.2 Å². The molecule has 146 valence electrons. The molecule has 8 nitrogen and oxygen atoms in total. The fraction of sp³-hybridized carbons (Fsp3) is 0.474. The monoisotopic (exact) mass is 373 g/mol. The first kappa shape index (κ1) is 20.4. The van der Waals surface area contributed by atoms with Crippen LogP contribution in [0.4, 0.5) is 4.79 Å². The molecule has 1 aromatic carbocycles. The molecule has 0 radical (unpaired) electrons. The largest absolute Gasteiger partial charge is 0.481 e. The van der Waals surface area contributed by atoms with Crippen LogP contribution in [0.25, 0.3) is 0 Å². The van der Waals surface area contributed by atoms with E-state index in [0.29, 0.717) is 24.5 Å². The Bertz CT molecular complexity index is 752. The molecule has 0 aliphatic carbocycles. The highest BCUT2D eigenvalue weighted by molar-refractivity contribution is 5.74. The summed E-state index contributed by atoms with van der Waals surface area (Å²) in [5.41, 5.74) is 0.868. The van der Waals surface area contributed by atoms with Crippen LogP contribution >= 0.6 is 0 Å². The van der Waals surface area contributed by atoms with E-state index in [9.17, 15) is 9.59 Å². The average Bonchev–Trinajstić information content (AvgIpc) is 3.08. The predicted octanol–water partition coefficient (Wildman–Crippen LogP) is 2.38. The number of amides is 2. The lowest BCUT2D eigenvalue weighted by Crippen LogP contribution is -2.43. The molecule has 0 saturated heterocycles. The first-order valence-electron chi connectivity index (χ1n) is 8.96. The zero-order valence-electron chi connectivity index (χ0n) is 16.0. The molecular formula is C19H27N5O3. The van der Waals surface area contributed by atoms with Crippen molar-refractivity contribution >= 4 is 12.0 Å². The topological polar surface area (TPSA) is 120 Å². The Morgan fingerprint density at radius 2 is 1.93 bits per heavy atom. The van der Waals surface area contributed by atoms with Crippen molar-refractivity contribution in [1.29, 1.82) is 0 Å². The first-order chi connectivity index (χ1) is 12.7. The van der Waals surface area contributed by atoms with Gasteiger partial charge in [0, 0.05) is 17.9 Å². The van der Waals surface area contributed by atoms with Crippen molar-refractivity contribution in [2.24, 2.45) is 0 Å². The van der Waals surface area contributed by atoms with E-state index in [1.165, 1.54) is 0 Å². The van der Waals surface area contributed by atoms with Crippen LogP contribution in [0.15, 0.2) is 30.3 Å². The molecule has 1 aromatic heterocycles. The van der Waals surface area contributed by atoms with Gasteiger partial charge in [-0.15, -0.1) is 0 Å². The van der Waals surface area contributed by atoms with Crippen molar-refractivity contribution in [3.63, 3.8) is 0 Å². The highest BCUT2D eigenvalue weighted by Gasteiger charge is 2.20. The Kier molecular flexibility index (Phi) is 6.92. The molecule has 0 fully saturated rings. The third-order valence-electron chi connectivity index (χ3n) is 3.99. The molecule has 0 aliphatic rings. The lowest BCUT2D eigenvalue weighted by atomic mass is 9.96. The van der Waals surface area contributed by atoms with Gasteiger partial charge in [-0.25, -0.2) is 9.78 Å². The summed E-state index contributed by atoms with van der Waals surface area (Å²) in [4.78, 5) is 27.5. The van der Waals surface area contributed by atoms with Gasteiger partial charge >= 0.3 is 12.0 Å². The van der Waals surface area contributed by atoms with Gasteiger partial charge in [0.2, 0.25) is 0 Å². The van der Waals surface area contributed by atoms with Crippen LogP contribution in [0.3, 0.4) is 0 Å². The number of aliphatic carboxylic acids is 1. The number of carboxylic acids is 1. The molecule has 1 unspecified atom stereocenters. The van der Waals surface area contributed by atoms with Crippen molar-refractivity contribution in [2.45, 2.75) is 58.0 Å². The quantitative estimate of drug-likeness (QED) is 0.566. The summed E-state index contributed by atoms with van der Waals surface area (Å²) >= 11 is 0. The molecule has 0 spiro atoms. The molecule has 0 saturated carbocycles. The Morgan fingerprint density at radius 3 is 2.52 bits per heavy atom. The molecule has 2 rings (SSSR count). The second-order valence-corrected chi connectivity index (χ2v) is 7.50. The van der Waals surface area contributed by atoms with E-state index < -0.39 is 5.97 Å². The number of aromatic nitrogens is 3. The van der Waals surface area contributed by atoms with Crippen molar-refractivity contribution < 1.29 is 14.7 Å². The number of hydrogen-bond donors (Lipinski definition) is 4. The number of rotatable bonds is 8. The minimum atomic E-state index is -0.883. The van der Waals surface area contributed by atoms with E-state index in [2.05, 4.69) is 25.8 Å². The van der Waals surface area contributed by atoms with Crippen LogP contribution in [-0.4, -0.2) is 38.3 Å². The number of hydrogen-bond acceptors (Lipinski definition) is 4. The maximum Gasteiger partial charge on any atom is 0.315 e. The van der Waals surface area contributed by atoms with Gasteiger partial charge in [-0.2, -0.15) is 5.10 Å². The molecule has 0 aliphatic heterocycles. The van der Waals surface area contributed by atoms with Crippen LogP contribution in [0.5, 0.6) is 0 Å². The zero-order valence-corrected chi connectivity index (χ0v) is 16.0. The van der Waals surface area contributed by atoms with Gasteiger partial charge in [-0.3, -0.25) is 9.89 Å². The lowest BCUT2D eigenvalue weighted by molar-refractivity contribution is -0.137. The van der Waals surface area contributed by atoms with E-state index in [4.69, 9.17) is 5.11 Å². The van der Waals surface area contributed by atoms with Crippen LogP contribution in [0.2, 0.25) is 0 Å². The van der Waals surface area contributed by atoms with Crippen molar-refractivity contribution in [1.82, 2.24) is 25.8 Å². The van der Waals surface area contributed by atoms with Crippen LogP contribution in [0.1, 0.15) is 50.8 Å². The number of urea groups is 1. The molecular weight excluding hydrogens is 346 g/mol. The standard InChI is InChI=1S/C19H27N5O3/c1-19(2,3)17-22-15(23-24-17)12-20-18(27)21-14(9-10-16(25)26)11-13-7-5-4-6-8-13/h4-8,14H,9-12H2,1-3H3,(H,25,26)(H2,20,21,27)(H,22,23,24). The van der Waals surface area contributed by atoms with Crippen molar-refractivity contribution in [2.75, 3.05) is 0 Å². The van der Waals surface area contributed by atoms with Gasteiger partial charge in [0.15, 0.2) is 5.82 Å². The number of nitrogens with one attached hydrogen (secondary N) is 3.